The van der Waals surface area contributed by atoms with Gasteiger partial charge in [0.05, 0.1) is 6.54 Å². The zero-order chi connectivity index (χ0) is 18.9. The zero-order valence-electron chi connectivity index (χ0n) is 15.4. The predicted octanol–water partition coefficient (Wildman–Crippen LogP) is 2.14. The summed E-state index contributed by atoms with van der Waals surface area (Å²) in [7, 11) is 0. The Kier molecular flexibility index (Phi) is 6.72. The Morgan fingerprint density at radius 3 is 2.48 bits per heavy atom. The summed E-state index contributed by atoms with van der Waals surface area (Å²) in [5, 5.41) is 3.22. The number of carbonyl (C=O) groups excluding carboxylic acids is 1. The zero-order valence-corrected chi connectivity index (χ0v) is 15.4. The van der Waals surface area contributed by atoms with Gasteiger partial charge in [0.15, 0.2) is 0 Å². The summed E-state index contributed by atoms with van der Waals surface area (Å²) in [5.41, 5.74) is 2.21. The van der Waals surface area contributed by atoms with Crippen molar-refractivity contribution >= 4 is 11.6 Å². The van der Waals surface area contributed by atoms with Crippen molar-refractivity contribution in [2.75, 3.05) is 44.2 Å². The van der Waals surface area contributed by atoms with Crippen molar-refractivity contribution in [2.24, 2.45) is 0 Å². The standard InChI is InChI=1S/C22H25N3O2/c1-2-16-27-21-11-7-6-8-19(21)17-23-18-22(26)25-14-12-24(13-15-25)20-9-4-3-5-10-20/h1,3-11,23H,12-18H2. The van der Waals surface area contributed by atoms with Crippen molar-refractivity contribution in [1.82, 2.24) is 10.2 Å². The molecule has 0 aromatic heterocycles. The van der Waals surface area contributed by atoms with Crippen LogP contribution in [0.5, 0.6) is 5.75 Å². The highest BCUT2D eigenvalue weighted by Gasteiger charge is 2.20. The van der Waals surface area contributed by atoms with Crippen molar-refractivity contribution in [1.29, 1.82) is 0 Å². The average molecular weight is 363 g/mol. The number of para-hydroxylation sites is 2. The molecular weight excluding hydrogens is 338 g/mol. The fraction of sp³-hybridized carbons (Fsp3) is 0.318. The Bertz CT molecular complexity index is 778. The monoisotopic (exact) mass is 363 g/mol. The number of ether oxygens (including phenoxy) is 1. The van der Waals surface area contributed by atoms with E-state index in [-0.39, 0.29) is 12.5 Å². The highest BCUT2D eigenvalue weighted by molar-refractivity contribution is 5.78. The largest absolute Gasteiger partial charge is 0.481 e. The van der Waals surface area contributed by atoms with E-state index in [1.54, 1.807) is 0 Å². The lowest BCUT2D eigenvalue weighted by Gasteiger charge is -2.36. The summed E-state index contributed by atoms with van der Waals surface area (Å²) < 4.78 is 5.54. The van der Waals surface area contributed by atoms with E-state index in [1.165, 1.54) is 5.69 Å². The number of hydrogen-bond acceptors (Lipinski definition) is 4. The number of nitrogens with zero attached hydrogens (tertiary/aromatic N) is 2. The summed E-state index contributed by atoms with van der Waals surface area (Å²) in [5.74, 6) is 3.35. The Labute approximate surface area is 160 Å². The topological polar surface area (TPSA) is 44.8 Å². The Morgan fingerprint density at radius 2 is 1.74 bits per heavy atom. The number of terminal acetylenes is 1. The van der Waals surface area contributed by atoms with Crippen molar-refractivity contribution in [3.63, 3.8) is 0 Å². The third kappa shape index (κ3) is 5.25. The smallest absolute Gasteiger partial charge is 0.236 e. The molecule has 5 heteroatoms. The van der Waals surface area contributed by atoms with Gasteiger partial charge in [-0.05, 0) is 18.2 Å². The van der Waals surface area contributed by atoms with Crippen LogP contribution >= 0.6 is 0 Å². The van der Waals surface area contributed by atoms with Crippen LogP contribution < -0.4 is 15.0 Å². The van der Waals surface area contributed by atoms with Gasteiger partial charge in [-0.2, -0.15) is 0 Å². The minimum absolute atomic E-state index is 0.129. The van der Waals surface area contributed by atoms with Crippen molar-refractivity contribution in [3.8, 4) is 18.1 Å². The molecule has 5 nitrogen and oxygen atoms in total. The first-order chi connectivity index (χ1) is 13.3. The third-order valence-electron chi connectivity index (χ3n) is 4.63. The number of nitrogens with one attached hydrogen (secondary N) is 1. The Balaban J connectivity index is 1.44. The summed E-state index contributed by atoms with van der Waals surface area (Å²) in [6.07, 6.45) is 5.25. The normalized spacial score (nSPS) is 13.9. The van der Waals surface area contributed by atoms with E-state index in [9.17, 15) is 4.79 Å². The van der Waals surface area contributed by atoms with Gasteiger partial charge in [0.25, 0.3) is 0 Å². The second-order valence-corrected chi connectivity index (χ2v) is 6.41. The number of carbonyl (C=O) groups is 1. The molecule has 1 aliphatic heterocycles. The molecule has 2 aromatic carbocycles. The van der Waals surface area contributed by atoms with E-state index < -0.39 is 0 Å². The van der Waals surface area contributed by atoms with Crippen LogP contribution in [-0.2, 0) is 11.3 Å². The van der Waals surface area contributed by atoms with Gasteiger partial charge in [-0.3, -0.25) is 4.79 Å². The van der Waals surface area contributed by atoms with E-state index >= 15 is 0 Å². The first kappa shape index (κ1) is 18.8. The Morgan fingerprint density at radius 1 is 1.04 bits per heavy atom. The van der Waals surface area contributed by atoms with Crippen LogP contribution in [0.25, 0.3) is 0 Å². The van der Waals surface area contributed by atoms with Gasteiger partial charge in [-0.1, -0.05) is 42.3 Å². The number of rotatable bonds is 7. The summed E-state index contributed by atoms with van der Waals surface area (Å²) in [6.45, 7) is 4.33. The second-order valence-electron chi connectivity index (χ2n) is 6.41. The number of benzene rings is 2. The molecule has 1 fully saturated rings. The molecule has 1 amide bonds. The number of anilines is 1. The van der Waals surface area contributed by atoms with Gasteiger partial charge < -0.3 is 19.9 Å². The quantitative estimate of drug-likeness (QED) is 0.766. The van der Waals surface area contributed by atoms with Crippen molar-refractivity contribution in [3.05, 3.63) is 60.2 Å². The molecule has 140 valence electrons. The molecule has 0 aliphatic carbocycles. The molecule has 0 atom stereocenters. The van der Waals surface area contributed by atoms with Crippen LogP contribution in [0.15, 0.2) is 54.6 Å². The van der Waals surface area contributed by atoms with Crippen LogP contribution in [-0.4, -0.2) is 50.1 Å². The summed E-state index contributed by atoms with van der Waals surface area (Å²) in [4.78, 5) is 16.7. The lowest BCUT2D eigenvalue weighted by Crippen LogP contribution is -2.50. The van der Waals surface area contributed by atoms with Crippen molar-refractivity contribution in [2.45, 2.75) is 6.54 Å². The number of hydrogen-bond donors (Lipinski definition) is 1. The first-order valence-corrected chi connectivity index (χ1v) is 9.20. The van der Waals surface area contributed by atoms with Crippen LogP contribution in [0.2, 0.25) is 0 Å². The molecule has 1 saturated heterocycles. The molecule has 0 radical (unpaired) electrons. The van der Waals surface area contributed by atoms with Gasteiger partial charge in [0.1, 0.15) is 12.4 Å². The maximum Gasteiger partial charge on any atom is 0.236 e. The van der Waals surface area contributed by atoms with Crippen LogP contribution in [0.4, 0.5) is 5.69 Å². The maximum absolute atomic E-state index is 12.5. The van der Waals surface area contributed by atoms with E-state index in [0.717, 1.165) is 37.5 Å². The molecule has 0 unspecified atom stereocenters. The molecule has 27 heavy (non-hydrogen) atoms. The van der Waals surface area contributed by atoms with E-state index in [1.807, 2.05) is 47.4 Å². The molecule has 1 N–H and O–H groups in total. The van der Waals surface area contributed by atoms with E-state index in [0.29, 0.717) is 13.1 Å². The maximum atomic E-state index is 12.5. The van der Waals surface area contributed by atoms with Crippen LogP contribution in [0.3, 0.4) is 0 Å². The van der Waals surface area contributed by atoms with E-state index in [2.05, 4.69) is 28.3 Å². The second kappa shape index (κ2) is 9.65. The molecular formula is C22H25N3O2. The number of amides is 1. The first-order valence-electron chi connectivity index (χ1n) is 9.20. The lowest BCUT2D eigenvalue weighted by atomic mass is 10.2. The number of piperazine rings is 1. The van der Waals surface area contributed by atoms with Gasteiger partial charge in [-0.15, -0.1) is 6.42 Å². The van der Waals surface area contributed by atoms with Gasteiger partial charge in [0, 0.05) is 44.0 Å². The molecule has 1 heterocycles. The highest BCUT2D eigenvalue weighted by atomic mass is 16.5. The molecule has 0 saturated carbocycles. The third-order valence-corrected chi connectivity index (χ3v) is 4.63. The lowest BCUT2D eigenvalue weighted by molar-refractivity contribution is -0.130. The minimum atomic E-state index is 0.129. The highest BCUT2D eigenvalue weighted by Crippen LogP contribution is 2.18. The van der Waals surface area contributed by atoms with Crippen LogP contribution in [0, 0.1) is 12.3 Å². The van der Waals surface area contributed by atoms with Crippen molar-refractivity contribution < 1.29 is 9.53 Å². The fourth-order valence-corrected chi connectivity index (χ4v) is 3.18. The molecule has 1 aliphatic rings. The minimum Gasteiger partial charge on any atom is -0.481 e. The molecule has 2 aromatic rings. The molecule has 0 bridgehead atoms. The summed E-state index contributed by atoms with van der Waals surface area (Å²) >= 11 is 0. The van der Waals surface area contributed by atoms with Crippen LogP contribution in [0.1, 0.15) is 5.56 Å². The van der Waals surface area contributed by atoms with E-state index in [4.69, 9.17) is 11.2 Å². The summed E-state index contributed by atoms with van der Waals surface area (Å²) in [6, 6.07) is 18.0. The predicted molar refractivity (Wildman–Crippen MR) is 108 cm³/mol. The van der Waals surface area contributed by atoms with Gasteiger partial charge in [-0.25, -0.2) is 0 Å². The Hall–Kier alpha value is -2.97. The SMILES string of the molecule is C#CCOc1ccccc1CNCC(=O)N1CCN(c2ccccc2)CC1. The molecule has 0 spiro atoms. The average Bonchev–Trinajstić information content (AvgIpc) is 2.73. The van der Waals surface area contributed by atoms with Gasteiger partial charge >= 0.3 is 0 Å². The van der Waals surface area contributed by atoms with Gasteiger partial charge in [0.2, 0.25) is 5.91 Å². The fourth-order valence-electron chi connectivity index (χ4n) is 3.18. The molecule has 3 rings (SSSR count).